The van der Waals surface area contributed by atoms with Gasteiger partial charge >= 0.3 is 5.97 Å². The van der Waals surface area contributed by atoms with Gasteiger partial charge in [0.05, 0.1) is 5.56 Å². The first-order valence-electron chi connectivity index (χ1n) is 8.87. The standard InChI is InChI=1S/C19H22N2O4S2/c1-4-12-9(2)8-14(26-12)19(24)25-10(3)17(23)21-18-15(16(20)22)11-6-5-7-13(11)27-18/h8,10H,4-7H2,1-3H3,(H2,20,22)(H,21,23)/t10-/m0/s1. The smallest absolute Gasteiger partial charge is 0.349 e. The molecule has 2 heterocycles. The maximum Gasteiger partial charge on any atom is 0.349 e. The second-order valence-corrected chi connectivity index (χ2v) is 8.77. The molecular weight excluding hydrogens is 384 g/mol. The summed E-state index contributed by atoms with van der Waals surface area (Å²) in [4.78, 5) is 39.3. The Bertz CT molecular complexity index is 913. The summed E-state index contributed by atoms with van der Waals surface area (Å²) >= 11 is 2.76. The van der Waals surface area contributed by atoms with Gasteiger partial charge in [0.1, 0.15) is 9.88 Å². The van der Waals surface area contributed by atoms with Crippen molar-refractivity contribution in [2.24, 2.45) is 5.73 Å². The number of esters is 1. The highest BCUT2D eigenvalue weighted by Crippen LogP contribution is 2.38. The summed E-state index contributed by atoms with van der Waals surface area (Å²) in [7, 11) is 0. The van der Waals surface area contributed by atoms with Crippen LogP contribution < -0.4 is 11.1 Å². The van der Waals surface area contributed by atoms with Crippen molar-refractivity contribution >= 4 is 45.5 Å². The lowest BCUT2D eigenvalue weighted by Crippen LogP contribution is -2.30. The van der Waals surface area contributed by atoms with E-state index in [-0.39, 0.29) is 0 Å². The number of hydrogen-bond acceptors (Lipinski definition) is 6. The van der Waals surface area contributed by atoms with Crippen LogP contribution in [-0.4, -0.2) is 23.9 Å². The number of hydrogen-bond donors (Lipinski definition) is 2. The molecule has 8 heteroatoms. The van der Waals surface area contributed by atoms with Crippen LogP contribution in [0.3, 0.4) is 0 Å². The van der Waals surface area contributed by atoms with E-state index in [0.29, 0.717) is 15.4 Å². The summed E-state index contributed by atoms with van der Waals surface area (Å²) in [5.74, 6) is -1.54. The van der Waals surface area contributed by atoms with Gasteiger partial charge < -0.3 is 15.8 Å². The van der Waals surface area contributed by atoms with E-state index >= 15 is 0 Å². The van der Waals surface area contributed by atoms with Gasteiger partial charge in [0.2, 0.25) is 0 Å². The Hall–Kier alpha value is -2.19. The molecule has 0 aliphatic heterocycles. The lowest BCUT2D eigenvalue weighted by atomic mass is 10.1. The fourth-order valence-electron chi connectivity index (χ4n) is 3.21. The molecule has 3 rings (SSSR count). The molecule has 0 saturated carbocycles. The molecule has 3 N–H and O–H groups in total. The fraction of sp³-hybridized carbons (Fsp3) is 0.421. The number of nitrogens with one attached hydrogen (secondary N) is 1. The topological polar surface area (TPSA) is 98.5 Å². The molecule has 0 aromatic carbocycles. The summed E-state index contributed by atoms with van der Waals surface area (Å²) in [6.07, 6.45) is 2.53. The molecule has 2 aromatic rings. The second-order valence-electron chi connectivity index (χ2n) is 6.53. The van der Waals surface area contributed by atoms with E-state index in [4.69, 9.17) is 10.5 Å². The highest BCUT2D eigenvalue weighted by molar-refractivity contribution is 7.17. The first kappa shape index (κ1) is 19.6. The summed E-state index contributed by atoms with van der Waals surface area (Å²) in [5, 5.41) is 3.16. The number of nitrogens with two attached hydrogens (primary N) is 1. The molecule has 2 amide bonds. The summed E-state index contributed by atoms with van der Waals surface area (Å²) in [6, 6.07) is 1.78. The molecule has 1 aliphatic carbocycles. The van der Waals surface area contributed by atoms with Crippen LogP contribution in [0.4, 0.5) is 5.00 Å². The lowest BCUT2D eigenvalue weighted by Gasteiger charge is -2.13. The van der Waals surface area contributed by atoms with Crippen molar-refractivity contribution in [1.29, 1.82) is 0 Å². The predicted octanol–water partition coefficient (Wildman–Crippen LogP) is 3.45. The van der Waals surface area contributed by atoms with Gasteiger partial charge in [-0.25, -0.2) is 4.79 Å². The van der Waals surface area contributed by atoms with E-state index in [0.717, 1.165) is 46.6 Å². The number of primary amides is 1. The van der Waals surface area contributed by atoms with Crippen LogP contribution in [0.15, 0.2) is 6.07 Å². The Morgan fingerprint density at radius 1 is 1.30 bits per heavy atom. The van der Waals surface area contributed by atoms with Crippen molar-refractivity contribution in [3.63, 3.8) is 0 Å². The number of carbonyl (C=O) groups is 3. The average Bonchev–Trinajstić information content (AvgIpc) is 3.28. The van der Waals surface area contributed by atoms with Crippen LogP contribution in [0.25, 0.3) is 0 Å². The number of fused-ring (bicyclic) bond motifs is 1. The van der Waals surface area contributed by atoms with Gasteiger partial charge in [-0.3, -0.25) is 9.59 Å². The van der Waals surface area contributed by atoms with Crippen LogP contribution in [-0.2, 0) is 28.8 Å². The average molecular weight is 407 g/mol. The number of carbonyl (C=O) groups excluding carboxylic acids is 3. The molecule has 0 saturated heterocycles. The van der Waals surface area contributed by atoms with Crippen LogP contribution in [0.1, 0.15) is 61.2 Å². The van der Waals surface area contributed by atoms with E-state index < -0.39 is 23.9 Å². The molecule has 1 aliphatic rings. The van der Waals surface area contributed by atoms with Crippen molar-refractivity contribution in [1.82, 2.24) is 0 Å². The van der Waals surface area contributed by atoms with Gasteiger partial charge in [-0.15, -0.1) is 22.7 Å². The molecule has 144 valence electrons. The maximum absolute atomic E-state index is 12.5. The normalized spacial score (nSPS) is 13.9. The molecule has 2 aromatic heterocycles. The van der Waals surface area contributed by atoms with E-state index in [1.807, 2.05) is 13.8 Å². The third kappa shape index (κ3) is 3.91. The van der Waals surface area contributed by atoms with Crippen LogP contribution in [0.2, 0.25) is 0 Å². The highest BCUT2D eigenvalue weighted by atomic mass is 32.1. The largest absolute Gasteiger partial charge is 0.448 e. The van der Waals surface area contributed by atoms with Crippen molar-refractivity contribution in [2.45, 2.75) is 52.6 Å². The maximum atomic E-state index is 12.5. The number of thiophene rings is 2. The second kappa shape index (κ2) is 7.82. The zero-order chi connectivity index (χ0) is 19.7. The quantitative estimate of drug-likeness (QED) is 0.718. The van der Waals surface area contributed by atoms with Crippen molar-refractivity contribution < 1.29 is 19.1 Å². The minimum absolute atomic E-state index is 0.390. The van der Waals surface area contributed by atoms with Crippen molar-refractivity contribution in [3.05, 3.63) is 37.4 Å². The highest BCUT2D eigenvalue weighted by Gasteiger charge is 2.28. The number of rotatable bonds is 6. The fourth-order valence-corrected chi connectivity index (χ4v) is 5.50. The molecule has 0 bridgehead atoms. The van der Waals surface area contributed by atoms with Crippen LogP contribution in [0, 0.1) is 6.92 Å². The molecule has 0 spiro atoms. The Morgan fingerprint density at radius 2 is 2.04 bits per heavy atom. The van der Waals surface area contributed by atoms with E-state index in [9.17, 15) is 14.4 Å². The minimum atomic E-state index is -0.984. The third-order valence-electron chi connectivity index (χ3n) is 4.60. The predicted molar refractivity (Wildman–Crippen MR) is 107 cm³/mol. The van der Waals surface area contributed by atoms with Gasteiger partial charge in [-0.1, -0.05) is 6.92 Å². The van der Waals surface area contributed by atoms with Gasteiger partial charge in [-0.05, 0) is 56.7 Å². The van der Waals surface area contributed by atoms with Gasteiger partial charge in [0.25, 0.3) is 11.8 Å². The van der Waals surface area contributed by atoms with Crippen molar-refractivity contribution in [3.8, 4) is 0 Å². The van der Waals surface area contributed by atoms with E-state index in [2.05, 4.69) is 5.32 Å². The van der Waals surface area contributed by atoms with Crippen LogP contribution >= 0.6 is 22.7 Å². The summed E-state index contributed by atoms with van der Waals surface area (Å²) < 4.78 is 5.31. The first-order chi connectivity index (χ1) is 12.8. The van der Waals surface area contributed by atoms with Crippen molar-refractivity contribution in [2.75, 3.05) is 5.32 Å². The Labute approximate surface area is 165 Å². The molecule has 1 atom stereocenters. The molecule has 0 fully saturated rings. The first-order valence-corrected chi connectivity index (χ1v) is 10.5. The third-order valence-corrected chi connectivity index (χ3v) is 7.17. The van der Waals surface area contributed by atoms with Gasteiger partial charge in [-0.2, -0.15) is 0 Å². The number of ether oxygens (including phenoxy) is 1. The van der Waals surface area contributed by atoms with Gasteiger partial charge in [0, 0.05) is 9.75 Å². The monoisotopic (exact) mass is 406 g/mol. The van der Waals surface area contributed by atoms with Gasteiger partial charge in [0.15, 0.2) is 6.10 Å². The molecule has 27 heavy (non-hydrogen) atoms. The number of anilines is 1. The lowest BCUT2D eigenvalue weighted by molar-refractivity contribution is -0.123. The van der Waals surface area contributed by atoms with E-state index in [1.165, 1.54) is 29.6 Å². The van der Waals surface area contributed by atoms with Crippen LogP contribution in [0.5, 0.6) is 0 Å². The SMILES string of the molecule is CCc1sc(C(=O)O[C@@H](C)C(=O)Nc2sc3c(c2C(N)=O)CCC3)cc1C. The molecule has 0 radical (unpaired) electrons. The summed E-state index contributed by atoms with van der Waals surface area (Å²) in [5.41, 5.74) is 7.88. The minimum Gasteiger partial charge on any atom is -0.448 e. The molecule has 6 nitrogen and oxygen atoms in total. The Morgan fingerprint density at radius 3 is 2.67 bits per heavy atom. The molecule has 0 unspecified atom stereocenters. The Kier molecular flexibility index (Phi) is 5.67. The summed E-state index contributed by atoms with van der Waals surface area (Å²) in [6.45, 7) is 5.49. The zero-order valence-electron chi connectivity index (χ0n) is 15.5. The molecular formula is C19H22N2O4S2. The zero-order valence-corrected chi connectivity index (χ0v) is 17.1. The number of amides is 2. The Balaban J connectivity index is 1.69. The van der Waals surface area contributed by atoms with E-state index in [1.54, 1.807) is 6.07 Å². The number of aryl methyl sites for hydroxylation is 3.